The van der Waals surface area contributed by atoms with Gasteiger partial charge in [-0.1, -0.05) is 24.3 Å². The fraction of sp³-hybridized carbons (Fsp3) is 0.429. The van der Waals surface area contributed by atoms with E-state index in [0.29, 0.717) is 0 Å². The van der Waals surface area contributed by atoms with E-state index in [0.717, 1.165) is 51.5 Å². The average molecular weight is 354 g/mol. The quantitative estimate of drug-likeness (QED) is 0.391. The molecule has 0 aliphatic rings. The van der Waals surface area contributed by atoms with Crippen molar-refractivity contribution in [3.05, 3.63) is 60.4 Å². The van der Waals surface area contributed by atoms with Gasteiger partial charge in [-0.3, -0.25) is 9.98 Å². The largest absolute Gasteiger partial charge is 0.372 e. The van der Waals surface area contributed by atoms with Gasteiger partial charge < -0.3 is 15.5 Å². The van der Waals surface area contributed by atoms with Crippen LogP contribution in [-0.2, 0) is 6.42 Å². The maximum absolute atomic E-state index is 4.70. The van der Waals surface area contributed by atoms with Crippen LogP contribution in [0.1, 0.15) is 25.8 Å². The molecule has 0 radical (unpaired) electrons. The molecule has 0 amide bonds. The number of aromatic nitrogens is 1. The number of anilines is 1. The molecular formula is C21H31N5. The monoisotopic (exact) mass is 353 g/mol. The molecule has 0 aliphatic heterocycles. The topological polar surface area (TPSA) is 52.6 Å². The Morgan fingerprint density at radius 2 is 1.92 bits per heavy atom. The number of rotatable bonds is 10. The van der Waals surface area contributed by atoms with E-state index in [1.807, 2.05) is 12.3 Å². The lowest BCUT2D eigenvalue weighted by Gasteiger charge is -2.22. The lowest BCUT2D eigenvalue weighted by atomic mass is 10.2. The van der Waals surface area contributed by atoms with Gasteiger partial charge in [-0.05, 0) is 50.5 Å². The second kappa shape index (κ2) is 11.9. The zero-order chi connectivity index (χ0) is 18.5. The highest BCUT2D eigenvalue weighted by Gasteiger charge is 2.03. The van der Waals surface area contributed by atoms with Crippen LogP contribution in [0.3, 0.4) is 0 Å². The second-order valence-corrected chi connectivity index (χ2v) is 6.07. The lowest BCUT2D eigenvalue weighted by molar-refractivity contribution is 0.740. The Kier molecular flexibility index (Phi) is 9.05. The van der Waals surface area contributed by atoms with E-state index >= 15 is 0 Å². The van der Waals surface area contributed by atoms with Crippen molar-refractivity contribution in [2.75, 3.05) is 37.6 Å². The smallest absolute Gasteiger partial charge is 0.191 e. The summed E-state index contributed by atoms with van der Waals surface area (Å²) in [4.78, 5) is 11.2. The molecule has 5 heteroatoms. The number of benzene rings is 1. The predicted octanol–water partition coefficient (Wildman–Crippen LogP) is 3.10. The first-order valence-corrected chi connectivity index (χ1v) is 9.54. The maximum atomic E-state index is 4.70. The van der Waals surface area contributed by atoms with Gasteiger partial charge in [-0.25, -0.2) is 0 Å². The van der Waals surface area contributed by atoms with Crippen molar-refractivity contribution in [3.63, 3.8) is 0 Å². The summed E-state index contributed by atoms with van der Waals surface area (Å²) in [5, 5.41) is 6.71. The molecule has 0 spiro atoms. The van der Waals surface area contributed by atoms with Crippen molar-refractivity contribution in [2.24, 2.45) is 4.99 Å². The van der Waals surface area contributed by atoms with Gasteiger partial charge in [0.05, 0.1) is 0 Å². The third kappa shape index (κ3) is 7.13. The molecule has 2 rings (SSSR count). The SMILES string of the molecule is CCNC(=NCCCN(CC)c1ccccc1)NCCc1cccnc1. The van der Waals surface area contributed by atoms with Crippen LogP contribution < -0.4 is 15.5 Å². The highest BCUT2D eigenvalue weighted by Crippen LogP contribution is 2.12. The fourth-order valence-corrected chi connectivity index (χ4v) is 2.77. The van der Waals surface area contributed by atoms with Crippen molar-refractivity contribution in [1.82, 2.24) is 15.6 Å². The molecule has 2 aromatic rings. The molecule has 0 aliphatic carbocycles. The molecule has 0 unspecified atom stereocenters. The Morgan fingerprint density at radius 1 is 1.08 bits per heavy atom. The first-order valence-electron chi connectivity index (χ1n) is 9.54. The second-order valence-electron chi connectivity index (χ2n) is 6.07. The third-order valence-electron chi connectivity index (χ3n) is 4.13. The summed E-state index contributed by atoms with van der Waals surface area (Å²) in [5.74, 6) is 0.888. The summed E-state index contributed by atoms with van der Waals surface area (Å²) in [6, 6.07) is 14.6. The molecule has 0 bridgehead atoms. The molecule has 1 heterocycles. The Morgan fingerprint density at radius 3 is 2.62 bits per heavy atom. The van der Waals surface area contributed by atoms with E-state index in [4.69, 9.17) is 4.99 Å². The molecule has 5 nitrogen and oxygen atoms in total. The van der Waals surface area contributed by atoms with Crippen LogP contribution >= 0.6 is 0 Å². The number of nitrogens with zero attached hydrogens (tertiary/aromatic N) is 3. The van der Waals surface area contributed by atoms with Crippen molar-refractivity contribution >= 4 is 11.6 Å². The lowest BCUT2D eigenvalue weighted by Crippen LogP contribution is -2.38. The van der Waals surface area contributed by atoms with Gasteiger partial charge >= 0.3 is 0 Å². The van der Waals surface area contributed by atoms with Gasteiger partial charge in [-0.2, -0.15) is 0 Å². The summed E-state index contributed by atoms with van der Waals surface area (Å²) < 4.78 is 0. The summed E-state index contributed by atoms with van der Waals surface area (Å²) in [5.41, 5.74) is 2.51. The van der Waals surface area contributed by atoms with Gasteiger partial charge in [0.1, 0.15) is 0 Å². The Balaban J connectivity index is 1.75. The number of hydrogen-bond acceptors (Lipinski definition) is 3. The molecule has 0 saturated heterocycles. The normalized spacial score (nSPS) is 11.2. The van der Waals surface area contributed by atoms with Crippen molar-refractivity contribution < 1.29 is 0 Å². The minimum absolute atomic E-state index is 0.811. The highest BCUT2D eigenvalue weighted by molar-refractivity contribution is 5.79. The number of para-hydroxylation sites is 1. The Labute approximate surface area is 157 Å². The van der Waals surface area contributed by atoms with E-state index in [2.05, 4.69) is 70.8 Å². The van der Waals surface area contributed by atoms with Gasteiger partial charge in [0, 0.05) is 50.8 Å². The molecule has 2 N–H and O–H groups in total. The molecule has 26 heavy (non-hydrogen) atoms. The molecule has 0 fully saturated rings. The fourth-order valence-electron chi connectivity index (χ4n) is 2.77. The zero-order valence-corrected chi connectivity index (χ0v) is 16.0. The van der Waals surface area contributed by atoms with Crippen molar-refractivity contribution in [2.45, 2.75) is 26.7 Å². The minimum atomic E-state index is 0.811. The van der Waals surface area contributed by atoms with Crippen LogP contribution in [0.4, 0.5) is 5.69 Å². The summed E-state index contributed by atoms with van der Waals surface area (Å²) in [6.45, 7) is 8.83. The molecule has 0 saturated carbocycles. The minimum Gasteiger partial charge on any atom is -0.372 e. The maximum Gasteiger partial charge on any atom is 0.191 e. The van der Waals surface area contributed by atoms with E-state index in [1.54, 1.807) is 6.20 Å². The van der Waals surface area contributed by atoms with Crippen molar-refractivity contribution in [1.29, 1.82) is 0 Å². The van der Waals surface area contributed by atoms with Gasteiger partial charge in [-0.15, -0.1) is 0 Å². The molecular weight excluding hydrogens is 322 g/mol. The van der Waals surface area contributed by atoms with Crippen LogP contribution in [0.25, 0.3) is 0 Å². The highest BCUT2D eigenvalue weighted by atomic mass is 15.2. The predicted molar refractivity (Wildman–Crippen MR) is 111 cm³/mol. The number of guanidine groups is 1. The molecule has 1 aromatic carbocycles. The number of aliphatic imine (C=N–C) groups is 1. The Bertz CT molecular complexity index is 627. The molecule has 1 aromatic heterocycles. The number of hydrogen-bond donors (Lipinski definition) is 2. The van der Waals surface area contributed by atoms with Crippen LogP contribution in [0, 0.1) is 0 Å². The first-order chi connectivity index (χ1) is 12.8. The standard InChI is InChI=1S/C21H31N5/c1-3-23-21(25-16-13-19-10-8-14-22-18-19)24-15-9-17-26(4-2)20-11-6-5-7-12-20/h5-8,10-12,14,18H,3-4,9,13,15-17H2,1-2H3,(H2,23,24,25). The zero-order valence-electron chi connectivity index (χ0n) is 16.0. The van der Waals surface area contributed by atoms with Gasteiger partial charge in [0.2, 0.25) is 0 Å². The van der Waals surface area contributed by atoms with E-state index in [-0.39, 0.29) is 0 Å². The first kappa shape index (κ1) is 19.8. The Hall–Kier alpha value is -2.56. The van der Waals surface area contributed by atoms with Gasteiger partial charge in [0.15, 0.2) is 5.96 Å². The van der Waals surface area contributed by atoms with Crippen molar-refractivity contribution in [3.8, 4) is 0 Å². The van der Waals surface area contributed by atoms with E-state index < -0.39 is 0 Å². The molecule has 0 atom stereocenters. The van der Waals surface area contributed by atoms with Crippen LogP contribution in [0.2, 0.25) is 0 Å². The van der Waals surface area contributed by atoms with Crippen LogP contribution in [0.5, 0.6) is 0 Å². The van der Waals surface area contributed by atoms with E-state index in [9.17, 15) is 0 Å². The average Bonchev–Trinajstić information content (AvgIpc) is 2.69. The molecule has 140 valence electrons. The van der Waals surface area contributed by atoms with Crippen LogP contribution in [-0.4, -0.2) is 43.7 Å². The number of pyridine rings is 1. The summed E-state index contributed by atoms with van der Waals surface area (Å²) in [7, 11) is 0. The number of nitrogens with one attached hydrogen (secondary N) is 2. The van der Waals surface area contributed by atoms with Gasteiger partial charge in [0.25, 0.3) is 0 Å². The van der Waals surface area contributed by atoms with Crippen LogP contribution in [0.15, 0.2) is 59.9 Å². The van der Waals surface area contributed by atoms with E-state index in [1.165, 1.54) is 11.3 Å². The summed E-state index contributed by atoms with van der Waals surface area (Å²) in [6.07, 6.45) is 5.68. The summed E-state index contributed by atoms with van der Waals surface area (Å²) >= 11 is 0. The third-order valence-corrected chi connectivity index (χ3v) is 4.13.